The predicted octanol–water partition coefficient (Wildman–Crippen LogP) is 10.9. The Morgan fingerprint density at radius 3 is 2.24 bits per heavy atom. The zero-order valence-electron chi connectivity index (χ0n) is 29.5. The number of para-hydroxylation sites is 1. The Kier molecular flexibility index (Phi) is 9.42. The quantitative estimate of drug-likeness (QED) is 0.121. The largest absolute Gasteiger partial charge is 2.00 e. The molecule has 0 aliphatic carbocycles. The van der Waals surface area contributed by atoms with Crippen LogP contribution in [0, 0.1) is 39.8 Å². The first-order chi connectivity index (χ1) is 23.0. The molecule has 0 spiro atoms. The fraction of sp³-hybridized carbons (Fsp3) is 0.256. The number of aromatic nitrogens is 4. The van der Waals surface area contributed by atoms with E-state index in [2.05, 4.69) is 131 Å². The molecule has 0 radical (unpaired) electrons. The van der Waals surface area contributed by atoms with Crippen LogP contribution in [0.3, 0.4) is 0 Å². The van der Waals surface area contributed by atoms with Crippen molar-refractivity contribution in [2.45, 2.75) is 73.6 Å². The van der Waals surface area contributed by atoms with E-state index in [-0.39, 0.29) is 25.8 Å². The van der Waals surface area contributed by atoms with Crippen LogP contribution in [-0.2, 0) is 32.3 Å². The van der Waals surface area contributed by atoms with Crippen molar-refractivity contribution in [2.75, 3.05) is 0 Å². The van der Waals surface area contributed by atoms with Gasteiger partial charge in [0.15, 0.2) is 0 Å². The van der Waals surface area contributed by atoms with Crippen molar-refractivity contribution in [2.24, 2.45) is 0 Å². The number of hydrogen-bond acceptors (Lipinski definition) is 3. The summed E-state index contributed by atoms with van der Waals surface area (Å²) in [4.78, 5) is 4.71. The van der Waals surface area contributed by atoms with E-state index in [0.717, 1.165) is 57.4 Å². The number of hydrogen-bond donors (Lipinski definition) is 0. The summed E-state index contributed by atoms with van der Waals surface area (Å²) in [5, 5.41) is 7.52. The molecular formula is C43H42N4OPd. The molecule has 0 aliphatic heterocycles. The van der Waals surface area contributed by atoms with Crippen LogP contribution < -0.4 is 4.74 Å². The zero-order valence-corrected chi connectivity index (χ0v) is 31.1. The molecule has 3 heterocycles. The number of fused-ring (bicyclic) bond motifs is 3. The summed E-state index contributed by atoms with van der Waals surface area (Å²) < 4.78 is 10.8. The van der Waals surface area contributed by atoms with Gasteiger partial charge in [-0.05, 0) is 91.2 Å². The van der Waals surface area contributed by atoms with E-state index in [1.165, 1.54) is 33.5 Å². The summed E-state index contributed by atoms with van der Waals surface area (Å²) in [5.41, 5.74) is 12.5. The minimum absolute atomic E-state index is 0. The Morgan fingerprint density at radius 2 is 1.53 bits per heavy atom. The Hall–Kier alpha value is -4.50. The minimum atomic E-state index is -0.179. The topological polar surface area (TPSA) is 44.9 Å². The molecule has 4 aromatic carbocycles. The molecule has 3 aromatic heterocycles. The second-order valence-electron chi connectivity index (χ2n) is 13.9. The Morgan fingerprint density at radius 1 is 0.796 bits per heavy atom. The molecule has 6 heteroatoms. The summed E-state index contributed by atoms with van der Waals surface area (Å²) in [6.45, 7) is 17.7. The molecule has 0 saturated heterocycles. The summed E-state index contributed by atoms with van der Waals surface area (Å²) in [5.74, 6) is 2.08. The third-order valence-corrected chi connectivity index (χ3v) is 9.26. The van der Waals surface area contributed by atoms with Gasteiger partial charge in [-0.15, -0.1) is 35.7 Å². The average Bonchev–Trinajstić information content (AvgIpc) is 3.60. The van der Waals surface area contributed by atoms with Crippen molar-refractivity contribution in [3.8, 4) is 34.1 Å². The Labute approximate surface area is 303 Å². The number of benzene rings is 4. The maximum absolute atomic E-state index is 6.51. The van der Waals surface area contributed by atoms with Gasteiger partial charge >= 0.3 is 20.4 Å². The zero-order chi connectivity index (χ0) is 33.7. The molecule has 0 atom stereocenters. The molecule has 0 fully saturated rings. The van der Waals surface area contributed by atoms with Gasteiger partial charge in [0.1, 0.15) is 5.82 Å². The average molecular weight is 737 g/mol. The molecule has 0 bridgehead atoms. The van der Waals surface area contributed by atoms with Crippen molar-refractivity contribution in [1.82, 2.24) is 19.3 Å². The van der Waals surface area contributed by atoms with Crippen LogP contribution in [0.4, 0.5) is 0 Å². The normalized spacial score (nSPS) is 11.7. The first-order valence-electron chi connectivity index (χ1n) is 16.8. The summed E-state index contributed by atoms with van der Waals surface area (Å²) in [6.07, 6.45) is 3.76. The van der Waals surface area contributed by atoms with Crippen LogP contribution in [0.5, 0.6) is 11.5 Å². The second kappa shape index (κ2) is 13.4. The number of ether oxygens (including phenoxy) is 1. The van der Waals surface area contributed by atoms with E-state index in [0.29, 0.717) is 11.5 Å². The summed E-state index contributed by atoms with van der Waals surface area (Å²) in [6, 6.07) is 34.4. The van der Waals surface area contributed by atoms with E-state index in [9.17, 15) is 0 Å². The van der Waals surface area contributed by atoms with Crippen LogP contribution in [0.15, 0.2) is 85.1 Å². The van der Waals surface area contributed by atoms with Gasteiger partial charge in [-0.2, -0.15) is 17.2 Å². The van der Waals surface area contributed by atoms with Gasteiger partial charge in [0, 0.05) is 34.2 Å². The molecule has 5 nitrogen and oxygen atoms in total. The third-order valence-electron chi connectivity index (χ3n) is 9.26. The molecule has 49 heavy (non-hydrogen) atoms. The Bertz CT molecular complexity index is 2300. The van der Waals surface area contributed by atoms with Gasteiger partial charge in [0.25, 0.3) is 0 Å². The van der Waals surface area contributed by atoms with Crippen molar-refractivity contribution >= 4 is 21.8 Å². The SMILES string of the molecule is CCCc1nn(-c2[c-]c(Oc3[c-]c4c(cc3)c3ccccc3n4-c3cc(C)ccn3)ccc2)c(C(C)(C)C)c1-c1cc(C)c(C)c(C)c1.[Pd+2]. The first kappa shape index (κ1) is 34.4. The maximum atomic E-state index is 6.51. The van der Waals surface area contributed by atoms with Gasteiger partial charge in [0.05, 0.1) is 11.4 Å². The molecule has 7 rings (SSSR count). The van der Waals surface area contributed by atoms with Gasteiger partial charge in [0.2, 0.25) is 0 Å². The van der Waals surface area contributed by atoms with Gasteiger partial charge < -0.3 is 9.30 Å². The fourth-order valence-electron chi connectivity index (χ4n) is 6.78. The molecule has 250 valence electrons. The molecular weight excluding hydrogens is 695 g/mol. The second-order valence-corrected chi connectivity index (χ2v) is 13.9. The molecule has 0 N–H and O–H groups in total. The van der Waals surface area contributed by atoms with Crippen LogP contribution in [-0.4, -0.2) is 19.3 Å². The van der Waals surface area contributed by atoms with Crippen molar-refractivity contribution < 1.29 is 25.2 Å². The van der Waals surface area contributed by atoms with E-state index >= 15 is 0 Å². The van der Waals surface area contributed by atoms with E-state index in [1.54, 1.807) is 0 Å². The van der Waals surface area contributed by atoms with Crippen molar-refractivity contribution in [3.05, 3.63) is 131 Å². The van der Waals surface area contributed by atoms with Crippen molar-refractivity contribution in [3.63, 3.8) is 0 Å². The van der Waals surface area contributed by atoms with Crippen LogP contribution in [0.25, 0.3) is 44.4 Å². The van der Waals surface area contributed by atoms with Crippen molar-refractivity contribution in [1.29, 1.82) is 0 Å². The molecule has 0 aliphatic rings. The number of rotatable bonds is 7. The van der Waals surface area contributed by atoms with Crippen LogP contribution >= 0.6 is 0 Å². The smallest absolute Gasteiger partial charge is 0.509 e. The maximum Gasteiger partial charge on any atom is 2.00 e. The molecule has 7 aromatic rings. The summed E-state index contributed by atoms with van der Waals surface area (Å²) in [7, 11) is 0. The van der Waals surface area contributed by atoms with Crippen LogP contribution in [0.1, 0.15) is 67.8 Å². The Balaban J connectivity index is 0.00000417. The van der Waals surface area contributed by atoms with Gasteiger partial charge in [-0.25, -0.2) is 4.98 Å². The minimum Gasteiger partial charge on any atom is -0.509 e. The number of nitrogens with zero attached hydrogens (tertiary/aromatic N) is 4. The van der Waals surface area contributed by atoms with Gasteiger partial charge in [-0.3, -0.25) is 4.68 Å². The number of aryl methyl sites for hydroxylation is 4. The predicted molar refractivity (Wildman–Crippen MR) is 197 cm³/mol. The third kappa shape index (κ3) is 6.36. The van der Waals surface area contributed by atoms with E-state index < -0.39 is 0 Å². The molecule has 0 saturated carbocycles. The monoisotopic (exact) mass is 736 g/mol. The fourth-order valence-corrected chi connectivity index (χ4v) is 6.78. The molecule has 0 unspecified atom stereocenters. The van der Waals surface area contributed by atoms with E-state index in [1.807, 2.05) is 30.5 Å². The van der Waals surface area contributed by atoms with Crippen LogP contribution in [0.2, 0.25) is 0 Å². The van der Waals surface area contributed by atoms with Gasteiger partial charge in [-0.1, -0.05) is 70.0 Å². The number of pyridine rings is 1. The standard InChI is InChI=1S/C43H42N4O.Pd/c1-9-13-37-41(31-23-28(3)30(5)29(4)24-31)42(43(6,7)8)47(45-37)32-14-12-15-33(25-32)48-34-18-19-36-35-16-10-11-17-38(35)46(39(36)26-34)40-22-27(2)20-21-44-40;/h10-12,14-24H,9,13H2,1-8H3;/q-2;+2. The summed E-state index contributed by atoms with van der Waals surface area (Å²) >= 11 is 0. The molecule has 0 amide bonds. The first-order valence-corrected chi connectivity index (χ1v) is 16.8. The van der Waals surface area contributed by atoms with E-state index in [4.69, 9.17) is 14.8 Å².